The molecule has 3 N–H and O–H groups in total. The van der Waals surface area contributed by atoms with Gasteiger partial charge in [0.2, 0.25) is 0 Å². The molecule has 0 atom stereocenters. The molecule has 0 saturated heterocycles. The van der Waals surface area contributed by atoms with Crippen molar-refractivity contribution in [3.8, 4) is 0 Å². The first kappa shape index (κ1) is 16.8. The molecule has 0 unspecified atom stereocenters. The summed E-state index contributed by atoms with van der Waals surface area (Å²) in [5.41, 5.74) is 9.31. The van der Waals surface area contributed by atoms with Gasteiger partial charge in [0.15, 0.2) is 5.16 Å². The topological polar surface area (TPSA) is 75.0 Å². The number of aromatic nitrogens is 2. The zero-order valence-corrected chi connectivity index (χ0v) is 15.4. The fraction of sp³-hybridized carbons (Fsp3) is 0.625. The van der Waals surface area contributed by atoms with E-state index >= 15 is 0 Å². The van der Waals surface area contributed by atoms with Crippen LogP contribution in [0.25, 0.3) is 0 Å². The van der Waals surface area contributed by atoms with Crippen LogP contribution in [0, 0.1) is 0 Å². The van der Waals surface area contributed by atoms with Crippen LogP contribution in [0.2, 0.25) is 0 Å². The Balaban J connectivity index is 1.77. The number of fused-ring (bicyclic) bond motifs is 1. The fourth-order valence-electron chi connectivity index (χ4n) is 3.09. The number of nitrogens with one attached hydrogen (secondary N) is 1. The summed E-state index contributed by atoms with van der Waals surface area (Å²) < 4.78 is 0. The zero-order valence-electron chi connectivity index (χ0n) is 13.7. The molecule has 0 bridgehead atoms. The molecule has 2 aliphatic carbocycles. The van der Waals surface area contributed by atoms with Crippen molar-refractivity contribution in [3.05, 3.63) is 32.3 Å². The lowest BCUT2D eigenvalue weighted by Gasteiger charge is -2.27. The number of nitrogens with two attached hydrogens (primary N) is 1. The van der Waals surface area contributed by atoms with Gasteiger partial charge in [-0.15, -0.1) is 11.8 Å². The summed E-state index contributed by atoms with van der Waals surface area (Å²) in [4.78, 5) is 22.1. The standard InChI is InChI=1S/C16H24N4OS2/c1-3-20(10-7-8-10)13(14(17)22-2)9-23-16-18-12-6-4-5-11(12)15(21)19-16/h10H,3-9,17H2,1-2H3,(H,18,19,21)/b14-13+. The Morgan fingerprint density at radius 1 is 1.43 bits per heavy atom. The average Bonchev–Trinajstić information content (AvgIpc) is 3.27. The van der Waals surface area contributed by atoms with E-state index in [4.69, 9.17) is 5.73 Å². The van der Waals surface area contributed by atoms with E-state index in [1.165, 1.54) is 18.5 Å². The molecule has 2 aliphatic rings. The molecular formula is C16H24N4OS2. The summed E-state index contributed by atoms with van der Waals surface area (Å²) >= 11 is 3.17. The van der Waals surface area contributed by atoms with Crippen molar-refractivity contribution in [1.82, 2.24) is 14.9 Å². The normalized spacial score (nSPS) is 17.8. The van der Waals surface area contributed by atoms with Crippen molar-refractivity contribution in [3.63, 3.8) is 0 Å². The summed E-state index contributed by atoms with van der Waals surface area (Å²) in [5.74, 6) is 0.749. The molecule has 0 amide bonds. The number of hydrogen-bond acceptors (Lipinski definition) is 6. The zero-order chi connectivity index (χ0) is 16.4. The molecule has 3 rings (SSSR count). The molecule has 0 radical (unpaired) electrons. The molecule has 7 heteroatoms. The maximum Gasteiger partial charge on any atom is 0.254 e. The number of aryl methyl sites for hydroxylation is 1. The van der Waals surface area contributed by atoms with E-state index in [1.54, 1.807) is 23.5 Å². The molecule has 1 fully saturated rings. The first-order valence-corrected chi connectivity index (χ1v) is 10.4. The first-order valence-electron chi connectivity index (χ1n) is 8.18. The van der Waals surface area contributed by atoms with Gasteiger partial charge in [-0.3, -0.25) is 4.79 Å². The lowest BCUT2D eigenvalue weighted by atomic mass is 10.3. The number of nitrogens with zero attached hydrogens (tertiary/aromatic N) is 2. The van der Waals surface area contributed by atoms with E-state index in [9.17, 15) is 4.79 Å². The molecule has 0 aromatic carbocycles. The van der Waals surface area contributed by atoms with Gasteiger partial charge in [0.1, 0.15) is 0 Å². The minimum atomic E-state index is 0.0351. The highest BCUT2D eigenvalue weighted by Crippen LogP contribution is 2.33. The highest BCUT2D eigenvalue weighted by atomic mass is 32.2. The van der Waals surface area contributed by atoms with Gasteiger partial charge in [0, 0.05) is 23.9 Å². The molecule has 0 spiro atoms. The molecule has 23 heavy (non-hydrogen) atoms. The van der Waals surface area contributed by atoms with Crippen LogP contribution in [-0.4, -0.2) is 39.5 Å². The largest absolute Gasteiger partial charge is 0.392 e. The highest BCUT2D eigenvalue weighted by molar-refractivity contribution is 8.02. The van der Waals surface area contributed by atoms with Crippen LogP contribution < -0.4 is 11.3 Å². The van der Waals surface area contributed by atoms with Crippen molar-refractivity contribution < 1.29 is 0 Å². The van der Waals surface area contributed by atoms with E-state index in [1.807, 2.05) is 6.26 Å². The molecule has 1 aromatic heterocycles. The van der Waals surface area contributed by atoms with Gasteiger partial charge in [0.25, 0.3) is 5.56 Å². The Labute approximate surface area is 145 Å². The number of H-pyrrole nitrogens is 1. The summed E-state index contributed by atoms with van der Waals surface area (Å²) in [5, 5.41) is 1.59. The SMILES string of the molecule is CCN(/C(CSc1nc2c(c(=O)[nH]1)CCC2)=C(\N)SC)C1CC1. The number of hydrogen-bond donors (Lipinski definition) is 2. The van der Waals surface area contributed by atoms with E-state index in [-0.39, 0.29) is 5.56 Å². The Morgan fingerprint density at radius 2 is 2.22 bits per heavy atom. The monoisotopic (exact) mass is 352 g/mol. The summed E-state index contributed by atoms with van der Waals surface area (Å²) in [7, 11) is 0. The second-order valence-corrected chi connectivity index (χ2v) is 7.78. The maximum absolute atomic E-state index is 12.1. The third kappa shape index (κ3) is 3.71. The first-order chi connectivity index (χ1) is 11.1. The lowest BCUT2D eigenvalue weighted by Crippen LogP contribution is -2.29. The number of thioether (sulfide) groups is 2. The van der Waals surface area contributed by atoms with E-state index < -0.39 is 0 Å². The molecule has 0 aliphatic heterocycles. The van der Waals surface area contributed by atoms with Crippen molar-refractivity contribution in [1.29, 1.82) is 0 Å². The lowest BCUT2D eigenvalue weighted by molar-refractivity contribution is 0.353. The van der Waals surface area contributed by atoms with Gasteiger partial charge >= 0.3 is 0 Å². The predicted molar refractivity (Wildman–Crippen MR) is 97.7 cm³/mol. The van der Waals surface area contributed by atoms with Gasteiger partial charge in [0.05, 0.1) is 16.4 Å². The number of aromatic amines is 1. The quantitative estimate of drug-likeness (QED) is 0.579. The summed E-state index contributed by atoms with van der Waals surface area (Å²) in [6, 6.07) is 0.633. The average molecular weight is 353 g/mol. The molecular weight excluding hydrogens is 328 g/mol. The van der Waals surface area contributed by atoms with E-state index in [2.05, 4.69) is 21.8 Å². The van der Waals surface area contributed by atoms with Gasteiger partial charge in [-0.1, -0.05) is 11.8 Å². The molecule has 5 nitrogen and oxygen atoms in total. The highest BCUT2D eigenvalue weighted by Gasteiger charge is 2.30. The Hall–Kier alpha value is -1.08. The summed E-state index contributed by atoms with van der Waals surface area (Å²) in [6.07, 6.45) is 7.32. The van der Waals surface area contributed by atoms with Crippen LogP contribution in [0.5, 0.6) is 0 Å². The van der Waals surface area contributed by atoms with Crippen LogP contribution in [0.3, 0.4) is 0 Å². The van der Waals surface area contributed by atoms with Crippen molar-refractivity contribution in [2.75, 3.05) is 18.6 Å². The molecule has 1 heterocycles. The third-order valence-corrected chi connectivity index (χ3v) is 6.00. The van der Waals surface area contributed by atoms with Crippen molar-refractivity contribution in [2.45, 2.75) is 50.2 Å². The molecule has 1 aromatic rings. The molecule has 1 saturated carbocycles. The summed E-state index contributed by atoms with van der Waals surface area (Å²) in [6.45, 7) is 3.14. The second-order valence-electron chi connectivity index (χ2n) is 5.97. The Morgan fingerprint density at radius 3 is 2.87 bits per heavy atom. The predicted octanol–water partition coefficient (Wildman–Crippen LogP) is 2.33. The van der Waals surface area contributed by atoms with E-state index in [0.717, 1.165) is 47.8 Å². The maximum atomic E-state index is 12.1. The van der Waals surface area contributed by atoms with Crippen LogP contribution >= 0.6 is 23.5 Å². The van der Waals surface area contributed by atoms with Crippen LogP contribution in [-0.2, 0) is 12.8 Å². The fourth-order valence-corrected chi connectivity index (χ4v) is 4.54. The third-order valence-electron chi connectivity index (χ3n) is 4.44. The van der Waals surface area contributed by atoms with Crippen molar-refractivity contribution >= 4 is 23.5 Å². The number of rotatable bonds is 7. The van der Waals surface area contributed by atoms with Crippen LogP contribution in [0.1, 0.15) is 37.4 Å². The van der Waals surface area contributed by atoms with Crippen LogP contribution in [0.4, 0.5) is 0 Å². The van der Waals surface area contributed by atoms with Crippen LogP contribution in [0.15, 0.2) is 20.7 Å². The van der Waals surface area contributed by atoms with Gasteiger partial charge in [-0.25, -0.2) is 4.98 Å². The smallest absolute Gasteiger partial charge is 0.254 e. The Kier molecular flexibility index (Phi) is 5.26. The molecule has 126 valence electrons. The van der Waals surface area contributed by atoms with Gasteiger partial charge in [-0.05, 0) is 45.3 Å². The minimum absolute atomic E-state index is 0.0351. The van der Waals surface area contributed by atoms with Crippen molar-refractivity contribution in [2.24, 2.45) is 5.73 Å². The van der Waals surface area contributed by atoms with E-state index in [0.29, 0.717) is 11.2 Å². The minimum Gasteiger partial charge on any atom is -0.392 e. The second kappa shape index (κ2) is 7.21. The van der Waals surface area contributed by atoms with Gasteiger partial charge < -0.3 is 15.6 Å². The van der Waals surface area contributed by atoms with Gasteiger partial charge in [-0.2, -0.15) is 0 Å². The Bertz CT molecular complexity index is 667.